The van der Waals surface area contributed by atoms with E-state index in [2.05, 4.69) is 29.1 Å². The molecule has 96 valence electrons. The Morgan fingerprint density at radius 1 is 1.41 bits per heavy atom. The molecule has 0 aromatic carbocycles. The molecule has 0 aliphatic carbocycles. The monoisotopic (exact) mass is 258 g/mol. The van der Waals surface area contributed by atoms with Crippen LogP contribution in [-0.4, -0.2) is 29.7 Å². The van der Waals surface area contributed by atoms with Gasteiger partial charge in [-0.05, 0) is 12.3 Å². The van der Waals surface area contributed by atoms with Crippen LogP contribution in [0.2, 0.25) is 5.15 Å². The van der Waals surface area contributed by atoms with Crippen LogP contribution in [0, 0.1) is 5.92 Å². The molecular weight excluding hydrogens is 240 g/mol. The molecule has 1 aromatic heterocycles. The number of aromatic nitrogens is 2. The van der Waals surface area contributed by atoms with E-state index in [9.17, 15) is 0 Å². The third-order valence-corrected chi connectivity index (χ3v) is 2.30. The first-order valence-corrected chi connectivity index (χ1v) is 6.07. The van der Waals surface area contributed by atoms with Crippen LogP contribution in [0.4, 0.5) is 11.8 Å². The smallest absolute Gasteiger partial charge is 0.223 e. The molecule has 0 spiro atoms. The molecule has 17 heavy (non-hydrogen) atoms. The summed E-state index contributed by atoms with van der Waals surface area (Å²) < 4.78 is 5.46. The van der Waals surface area contributed by atoms with Crippen LogP contribution in [0.15, 0.2) is 6.07 Å². The molecule has 0 saturated carbocycles. The predicted molar refractivity (Wildman–Crippen MR) is 70.2 cm³/mol. The quantitative estimate of drug-likeness (QED) is 0.579. The number of halogens is 1. The minimum atomic E-state index is 0.167. The van der Waals surface area contributed by atoms with Gasteiger partial charge >= 0.3 is 0 Å². The number of nitrogen functional groups attached to an aromatic ring is 1. The van der Waals surface area contributed by atoms with Crippen molar-refractivity contribution in [1.29, 1.82) is 0 Å². The summed E-state index contributed by atoms with van der Waals surface area (Å²) in [5.74, 6) is 1.46. The van der Waals surface area contributed by atoms with Crippen molar-refractivity contribution in [3.05, 3.63) is 11.2 Å². The SMILES string of the molecule is CC(C)CCOCCNc1cc(Cl)nc(N)n1. The molecular formula is C11H19ClN4O. The number of hydrogen-bond acceptors (Lipinski definition) is 5. The van der Waals surface area contributed by atoms with Crippen LogP contribution >= 0.6 is 11.6 Å². The fourth-order valence-electron chi connectivity index (χ4n) is 1.20. The molecule has 3 N–H and O–H groups in total. The third-order valence-electron chi connectivity index (χ3n) is 2.10. The van der Waals surface area contributed by atoms with Gasteiger partial charge in [0.25, 0.3) is 0 Å². The fraction of sp³-hybridized carbons (Fsp3) is 0.636. The summed E-state index contributed by atoms with van der Waals surface area (Å²) in [7, 11) is 0. The van der Waals surface area contributed by atoms with Crippen LogP contribution < -0.4 is 11.1 Å². The Kier molecular flexibility index (Phi) is 6.00. The molecule has 5 nitrogen and oxygen atoms in total. The van der Waals surface area contributed by atoms with Crippen molar-refractivity contribution < 1.29 is 4.74 Å². The Balaban J connectivity index is 2.18. The van der Waals surface area contributed by atoms with E-state index in [-0.39, 0.29) is 5.95 Å². The van der Waals surface area contributed by atoms with Crippen LogP contribution in [0.25, 0.3) is 0 Å². The first-order chi connectivity index (χ1) is 8.08. The standard InChI is InChI=1S/C11H19ClN4O/c1-8(2)3-5-17-6-4-14-10-7-9(12)15-11(13)16-10/h7-8H,3-6H2,1-2H3,(H3,13,14,15,16). The Hall–Kier alpha value is -1.07. The van der Waals surface area contributed by atoms with Gasteiger partial charge in [-0.1, -0.05) is 25.4 Å². The number of rotatable bonds is 7. The van der Waals surface area contributed by atoms with Gasteiger partial charge in [0.2, 0.25) is 5.95 Å². The summed E-state index contributed by atoms with van der Waals surface area (Å²) in [4.78, 5) is 7.77. The number of nitrogens with zero attached hydrogens (tertiary/aromatic N) is 2. The normalized spacial score (nSPS) is 10.8. The number of hydrogen-bond donors (Lipinski definition) is 2. The van der Waals surface area contributed by atoms with E-state index < -0.39 is 0 Å². The van der Waals surface area contributed by atoms with E-state index >= 15 is 0 Å². The first kappa shape index (κ1) is 14.0. The maximum atomic E-state index is 5.75. The zero-order chi connectivity index (χ0) is 12.7. The topological polar surface area (TPSA) is 73.1 Å². The van der Waals surface area contributed by atoms with E-state index in [4.69, 9.17) is 22.1 Å². The highest BCUT2D eigenvalue weighted by Gasteiger charge is 1.99. The van der Waals surface area contributed by atoms with Crippen molar-refractivity contribution in [2.75, 3.05) is 30.8 Å². The van der Waals surface area contributed by atoms with Gasteiger partial charge in [0, 0.05) is 19.2 Å². The van der Waals surface area contributed by atoms with Gasteiger partial charge in [0.15, 0.2) is 0 Å². The first-order valence-electron chi connectivity index (χ1n) is 5.69. The number of anilines is 2. The van der Waals surface area contributed by atoms with Gasteiger partial charge in [-0.25, -0.2) is 4.98 Å². The minimum Gasteiger partial charge on any atom is -0.380 e. The van der Waals surface area contributed by atoms with Crippen molar-refractivity contribution >= 4 is 23.4 Å². The average molecular weight is 259 g/mol. The number of nitrogens with two attached hydrogens (primary N) is 1. The highest BCUT2D eigenvalue weighted by Crippen LogP contribution is 2.11. The molecule has 0 bridgehead atoms. The van der Waals surface area contributed by atoms with Gasteiger partial charge < -0.3 is 15.8 Å². The second-order valence-electron chi connectivity index (χ2n) is 4.16. The summed E-state index contributed by atoms with van der Waals surface area (Å²) in [5, 5.41) is 3.41. The van der Waals surface area contributed by atoms with Gasteiger partial charge in [0.05, 0.1) is 6.61 Å². The molecule has 0 unspecified atom stereocenters. The van der Waals surface area contributed by atoms with Gasteiger partial charge in [-0.15, -0.1) is 0 Å². The fourth-order valence-corrected chi connectivity index (χ4v) is 1.39. The third kappa shape index (κ3) is 6.28. The molecule has 0 aliphatic rings. The van der Waals surface area contributed by atoms with Gasteiger partial charge in [-0.2, -0.15) is 4.98 Å². The lowest BCUT2D eigenvalue weighted by atomic mass is 10.1. The largest absolute Gasteiger partial charge is 0.380 e. The van der Waals surface area contributed by atoms with Crippen molar-refractivity contribution in [1.82, 2.24) is 9.97 Å². The zero-order valence-electron chi connectivity index (χ0n) is 10.2. The molecule has 1 aromatic rings. The van der Waals surface area contributed by atoms with Gasteiger partial charge in [-0.3, -0.25) is 0 Å². The molecule has 0 aliphatic heterocycles. The molecule has 1 rings (SSSR count). The highest BCUT2D eigenvalue weighted by atomic mass is 35.5. The predicted octanol–water partition coefficient (Wildman–Crippen LogP) is 2.19. The summed E-state index contributed by atoms with van der Waals surface area (Å²) >= 11 is 5.75. The second-order valence-corrected chi connectivity index (χ2v) is 4.54. The average Bonchev–Trinajstić information content (AvgIpc) is 2.21. The maximum absolute atomic E-state index is 5.75. The summed E-state index contributed by atoms with van der Waals surface area (Å²) in [5.41, 5.74) is 5.47. The van der Waals surface area contributed by atoms with Crippen LogP contribution in [-0.2, 0) is 4.74 Å². The Morgan fingerprint density at radius 2 is 2.18 bits per heavy atom. The Labute approximate surface area is 107 Å². The molecule has 0 amide bonds. The lowest BCUT2D eigenvalue weighted by molar-refractivity contribution is 0.132. The lowest BCUT2D eigenvalue weighted by Crippen LogP contribution is -2.12. The summed E-state index contributed by atoms with van der Waals surface area (Å²) in [6.45, 7) is 6.44. The molecule has 0 saturated heterocycles. The molecule has 6 heteroatoms. The zero-order valence-corrected chi connectivity index (χ0v) is 11.0. The maximum Gasteiger partial charge on any atom is 0.223 e. The molecule has 0 radical (unpaired) electrons. The van der Waals surface area contributed by atoms with E-state index in [1.807, 2.05) is 0 Å². The number of ether oxygens (including phenoxy) is 1. The highest BCUT2D eigenvalue weighted by molar-refractivity contribution is 6.29. The van der Waals surface area contributed by atoms with E-state index in [0.29, 0.717) is 30.0 Å². The Bertz CT molecular complexity index is 326. The van der Waals surface area contributed by atoms with Crippen molar-refractivity contribution in [2.24, 2.45) is 5.92 Å². The minimum absolute atomic E-state index is 0.167. The summed E-state index contributed by atoms with van der Waals surface area (Å²) in [6, 6.07) is 1.63. The van der Waals surface area contributed by atoms with Crippen molar-refractivity contribution in [3.8, 4) is 0 Å². The van der Waals surface area contributed by atoms with E-state index in [0.717, 1.165) is 13.0 Å². The van der Waals surface area contributed by atoms with E-state index in [1.54, 1.807) is 6.07 Å². The van der Waals surface area contributed by atoms with Crippen LogP contribution in [0.1, 0.15) is 20.3 Å². The molecule has 1 heterocycles. The van der Waals surface area contributed by atoms with Crippen molar-refractivity contribution in [3.63, 3.8) is 0 Å². The number of nitrogens with one attached hydrogen (secondary N) is 1. The molecule has 0 fully saturated rings. The van der Waals surface area contributed by atoms with Crippen molar-refractivity contribution in [2.45, 2.75) is 20.3 Å². The summed E-state index contributed by atoms with van der Waals surface area (Å²) in [6.07, 6.45) is 1.08. The van der Waals surface area contributed by atoms with Crippen LogP contribution in [0.3, 0.4) is 0 Å². The van der Waals surface area contributed by atoms with E-state index in [1.165, 1.54) is 0 Å². The Morgan fingerprint density at radius 3 is 2.82 bits per heavy atom. The second kappa shape index (κ2) is 7.29. The van der Waals surface area contributed by atoms with Crippen LogP contribution in [0.5, 0.6) is 0 Å². The van der Waals surface area contributed by atoms with Gasteiger partial charge in [0.1, 0.15) is 11.0 Å². The molecule has 0 atom stereocenters. The lowest BCUT2D eigenvalue weighted by Gasteiger charge is -2.08.